The highest BCUT2D eigenvalue weighted by atomic mass is 16.5. The van der Waals surface area contributed by atoms with Crippen LogP contribution >= 0.6 is 0 Å². The molecule has 0 saturated heterocycles. The third-order valence-corrected chi connectivity index (χ3v) is 2.14. The van der Waals surface area contributed by atoms with Gasteiger partial charge in [0.15, 0.2) is 0 Å². The maximum Gasteiger partial charge on any atom is 0.259 e. The number of hydrogen-bond acceptors (Lipinski definition) is 4. The van der Waals surface area contributed by atoms with Crippen LogP contribution in [0.3, 0.4) is 0 Å². The fourth-order valence-electron chi connectivity index (χ4n) is 1.32. The molecule has 1 amide bonds. The Bertz CT molecular complexity index is 479. The molecule has 88 valence electrons. The van der Waals surface area contributed by atoms with Gasteiger partial charge >= 0.3 is 0 Å². The van der Waals surface area contributed by atoms with Crippen molar-refractivity contribution in [2.75, 3.05) is 14.2 Å². The SMILES string of the molecule is COc1cccc(OC)c1/C=C(\C#N)C(N)=O. The van der Waals surface area contributed by atoms with Crippen LogP contribution in [0.25, 0.3) is 6.08 Å². The molecule has 0 saturated carbocycles. The topological polar surface area (TPSA) is 85.3 Å². The monoisotopic (exact) mass is 232 g/mol. The smallest absolute Gasteiger partial charge is 0.259 e. The highest BCUT2D eigenvalue weighted by Gasteiger charge is 2.11. The Hall–Kier alpha value is -2.48. The van der Waals surface area contributed by atoms with E-state index in [9.17, 15) is 4.79 Å². The van der Waals surface area contributed by atoms with E-state index in [-0.39, 0.29) is 5.57 Å². The van der Waals surface area contributed by atoms with Gasteiger partial charge in [-0.05, 0) is 18.2 Å². The van der Waals surface area contributed by atoms with Gasteiger partial charge in [0.05, 0.1) is 19.8 Å². The molecule has 1 rings (SSSR count). The van der Waals surface area contributed by atoms with Gasteiger partial charge in [0.1, 0.15) is 23.1 Å². The number of nitrogens with zero attached hydrogens (tertiary/aromatic N) is 1. The largest absolute Gasteiger partial charge is 0.496 e. The molecule has 5 nitrogen and oxygen atoms in total. The van der Waals surface area contributed by atoms with Gasteiger partial charge in [-0.3, -0.25) is 4.79 Å². The number of nitriles is 1. The molecule has 0 aliphatic heterocycles. The van der Waals surface area contributed by atoms with Gasteiger partial charge in [0, 0.05) is 0 Å². The summed E-state index contributed by atoms with van der Waals surface area (Å²) in [4.78, 5) is 11.0. The molecule has 5 heteroatoms. The van der Waals surface area contributed by atoms with E-state index >= 15 is 0 Å². The van der Waals surface area contributed by atoms with Crippen molar-refractivity contribution in [2.45, 2.75) is 0 Å². The molecule has 1 aromatic carbocycles. The summed E-state index contributed by atoms with van der Waals surface area (Å²) in [7, 11) is 2.98. The Morgan fingerprint density at radius 1 is 1.35 bits per heavy atom. The summed E-state index contributed by atoms with van der Waals surface area (Å²) in [5, 5.41) is 8.78. The molecule has 0 atom stereocenters. The van der Waals surface area contributed by atoms with Crippen molar-refractivity contribution in [2.24, 2.45) is 5.73 Å². The summed E-state index contributed by atoms with van der Waals surface area (Å²) >= 11 is 0. The molecule has 0 spiro atoms. The number of carbonyl (C=O) groups is 1. The summed E-state index contributed by atoms with van der Waals surface area (Å²) in [6, 6.07) is 6.87. The molecule has 1 aromatic rings. The summed E-state index contributed by atoms with van der Waals surface area (Å²) < 4.78 is 10.3. The van der Waals surface area contributed by atoms with Crippen molar-refractivity contribution in [3.05, 3.63) is 29.3 Å². The number of nitrogens with two attached hydrogens (primary N) is 1. The Balaban J connectivity index is 3.39. The molecule has 0 unspecified atom stereocenters. The highest BCUT2D eigenvalue weighted by Crippen LogP contribution is 2.30. The summed E-state index contributed by atoms with van der Waals surface area (Å²) in [5.41, 5.74) is 5.41. The maximum atomic E-state index is 11.0. The van der Waals surface area contributed by atoms with E-state index in [4.69, 9.17) is 20.5 Å². The van der Waals surface area contributed by atoms with Gasteiger partial charge in [-0.2, -0.15) is 5.26 Å². The lowest BCUT2D eigenvalue weighted by Gasteiger charge is -2.09. The average molecular weight is 232 g/mol. The van der Waals surface area contributed by atoms with Crippen LogP contribution in [-0.2, 0) is 4.79 Å². The van der Waals surface area contributed by atoms with Crippen LogP contribution in [0.2, 0.25) is 0 Å². The number of hydrogen-bond donors (Lipinski definition) is 1. The number of primary amides is 1. The molecule has 2 N–H and O–H groups in total. The van der Waals surface area contributed by atoms with Crippen molar-refractivity contribution in [1.29, 1.82) is 5.26 Å². The van der Waals surface area contributed by atoms with Crippen molar-refractivity contribution in [3.63, 3.8) is 0 Å². The minimum Gasteiger partial charge on any atom is -0.496 e. The van der Waals surface area contributed by atoms with Crippen molar-refractivity contribution < 1.29 is 14.3 Å². The van der Waals surface area contributed by atoms with E-state index < -0.39 is 5.91 Å². The normalized spacial score (nSPS) is 10.5. The lowest BCUT2D eigenvalue weighted by Crippen LogP contribution is -2.12. The highest BCUT2D eigenvalue weighted by molar-refractivity contribution is 6.01. The van der Waals surface area contributed by atoms with Crippen LogP contribution in [0, 0.1) is 11.3 Å². The molecule has 0 fully saturated rings. The molecular weight excluding hydrogens is 220 g/mol. The van der Waals surface area contributed by atoms with Crippen LogP contribution in [0.5, 0.6) is 11.5 Å². The quantitative estimate of drug-likeness (QED) is 0.622. The zero-order valence-corrected chi connectivity index (χ0v) is 9.56. The Morgan fingerprint density at radius 2 is 1.88 bits per heavy atom. The van der Waals surface area contributed by atoms with Crippen LogP contribution < -0.4 is 15.2 Å². The lowest BCUT2D eigenvalue weighted by molar-refractivity contribution is -0.114. The number of carbonyl (C=O) groups excluding carboxylic acids is 1. The molecule has 17 heavy (non-hydrogen) atoms. The maximum absolute atomic E-state index is 11.0. The molecule has 0 radical (unpaired) electrons. The Kier molecular flexibility index (Phi) is 4.12. The number of rotatable bonds is 4. The third kappa shape index (κ3) is 2.75. The molecule has 0 aromatic heterocycles. The minimum atomic E-state index is -0.791. The lowest BCUT2D eigenvalue weighted by atomic mass is 10.1. The predicted molar refractivity (Wildman–Crippen MR) is 62.3 cm³/mol. The molecular formula is C12H12N2O3. The second kappa shape index (κ2) is 5.56. The number of benzene rings is 1. The van der Waals surface area contributed by atoms with Crippen LogP contribution in [0.4, 0.5) is 0 Å². The Labute approximate surface area is 99.1 Å². The standard InChI is InChI=1S/C12H12N2O3/c1-16-10-4-3-5-11(17-2)9(10)6-8(7-13)12(14)15/h3-6H,1-2H3,(H2,14,15)/b8-6+. The first-order valence-electron chi connectivity index (χ1n) is 4.76. The third-order valence-electron chi connectivity index (χ3n) is 2.14. The fourth-order valence-corrected chi connectivity index (χ4v) is 1.32. The zero-order valence-electron chi connectivity index (χ0n) is 9.56. The van der Waals surface area contributed by atoms with Crippen molar-refractivity contribution >= 4 is 12.0 Å². The second-order valence-corrected chi connectivity index (χ2v) is 3.11. The summed E-state index contributed by atoms with van der Waals surface area (Å²) in [6.07, 6.45) is 1.35. The fraction of sp³-hybridized carbons (Fsp3) is 0.167. The second-order valence-electron chi connectivity index (χ2n) is 3.11. The van der Waals surface area contributed by atoms with E-state index in [2.05, 4.69) is 0 Å². The van der Waals surface area contributed by atoms with Crippen molar-refractivity contribution in [3.8, 4) is 17.6 Å². The van der Waals surface area contributed by atoms with Gasteiger partial charge in [-0.15, -0.1) is 0 Å². The number of amides is 1. The van der Waals surface area contributed by atoms with Gasteiger partial charge in [-0.25, -0.2) is 0 Å². The van der Waals surface area contributed by atoms with Gasteiger partial charge < -0.3 is 15.2 Å². The number of ether oxygens (including phenoxy) is 2. The van der Waals surface area contributed by atoms with E-state index in [1.165, 1.54) is 20.3 Å². The minimum absolute atomic E-state index is 0.159. The van der Waals surface area contributed by atoms with Gasteiger partial charge in [-0.1, -0.05) is 6.07 Å². The van der Waals surface area contributed by atoms with E-state index in [0.29, 0.717) is 17.1 Å². The van der Waals surface area contributed by atoms with E-state index in [1.54, 1.807) is 24.3 Å². The first-order chi connectivity index (χ1) is 8.13. The zero-order chi connectivity index (χ0) is 12.8. The molecule has 0 aliphatic carbocycles. The first kappa shape index (κ1) is 12.6. The first-order valence-corrected chi connectivity index (χ1v) is 4.76. The van der Waals surface area contributed by atoms with Crippen LogP contribution in [0.15, 0.2) is 23.8 Å². The van der Waals surface area contributed by atoms with Crippen LogP contribution in [-0.4, -0.2) is 20.1 Å². The molecule has 0 bridgehead atoms. The van der Waals surface area contributed by atoms with Gasteiger partial charge in [0.25, 0.3) is 5.91 Å². The van der Waals surface area contributed by atoms with Crippen LogP contribution in [0.1, 0.15) is 5.56 Å². The van der Waals surface area contributed by atoms with Crippen molar-refractivity contribution in [1.82, 2.24) is 0 Å². The van der Waals surface area contributed by atoms with E-state index in [0.717, 1.165) is 0 Å². The Morgan fingerprint density at radius 3 is 2.24 bits per heavy atom. The predicted octanol–water partition coefficient (Wildman–Crippen LogP) is 1.10. The van der Waals surface area contributed by atoms with Gasteiger partial charge in [0.2, 0.25) is 0 Å². The average Bonchev–Trinajstić information content (AvgIpc) is 2.35. The summed E-state index contributed by atoms with van der Waals surface area (Å²) in [5.74, 6) is 0.206. The van der Waals surface area contributed by atoms with E-state index in [1.807, 2.05) is 0 Å². The molecule has 0 aliphatic rings. The number of methoxy groups -OCH3 is 2. The summed E-state index contributed by atoms with van der Waals surface area (Å²) in [6.45, 7) is 0. The molecule has 0 heterocycles.